The van der Waals surface area contributed by atoms with Crippen LogP contribution in [0.3, 0.4) is 0 Å². The topological polar surface area (TPSA) is 99.4 Å². The Morgan fingerprint density at radius 2 is 1.86 bits per heavy atom. The fraction of sp³-hybridized carbons (Fsp3) is 0.355. The lowest BCUT2D eigenvalue weighted by atomic mass is 9.95. The highest BCUT2D eigenvalue weighted by atomic mass is 79.9. The fourth-order valence-electron chi connectivity index (χ4n) is 5.09. The minimum Gasteiger partial charge on any atom is -0.496 e. The number of thiazole rings is 1. The van der Waals surface area contributed by atoms with E-state index >= 15 is 0 Å². The van der Waals surface area contributed by atoms with Gasteiger partial charge in [0.05, 0.1) is 29.0 Å². The van der Waals surface area contributed by atoms with Gasteiger partial charge >= 0.3 is 5.97 Å². The molecule has 2 aliphatic rings. The molecule has 3 aromatic rings. The largest absolute Gasteiger partial charge is 0.496 e. The van der Waals surface area contributed by atoms with Crippen molar-refractivity contribution in [3.63, 3.8) is 0 Å². The number of carbonyl (C=O) groups excluding carboxylic acids is 2. The quantitative estimate of drug-likeness (QED) is 0.341. The van der Waals surface area contributed by atoms with Gasteiger partial charge in [0.15, 0.2) is 11.4 Å². The van der Waals surface area contributed by atoms with Crippen LogP contribution < -0.4 is 24.4 Å². The number of nitrogens with zero attached hydrogens (tertiary/aromatic N) is 3. The van der Waals surface area contributed by atoms with Gasteiger partial charge in [-0.1, -0.05) is 39.4 Å². The van der Waals surface area contributed by atoms with Gasteiger partial charge in [-0.05, 0) is 75.6 Å². The molecule has 0 N–H and O–H groups in total. The maximum absolute atomic E-state index is 13.9. The minimum atomic E-state index is -0.800. The second-order valence-corrected chi connectivity index (χ2v) is 12.3. The normalized spacial score (nSPS) is 16.9. The van der Waals surface area contributed by atoms with E-state index in [-0.39, 0.29) is 29.8 Å². The molecule has 1 amide bonds. The smallest absolute Gasteiger partial charge is 0.338 e. The number of methoxy groups -OCH3 is 1. The number of rotatable bonds is 8. The Balaban J connectivity index is 1.51. The summed E-state index contributed by atoms with van der Waals surface area (Å²) in [5.41, 5.74) is 1.89. The summed E-state index contributed by atoms with van der Waals surface area (Å²) in [5, 5.41) is 0. The highest BCUT2D eigenvalue weighted by Gasteiger charge is 2.35. The Morgan fingerprint density at radius 1 is 1.14 bits per heavy atom. The third kappa shape index (κ3) is 6.22. The van der Waals surface area contributed by atoms with E-state index in [1.165, 1.54) is 15.9 Å². The van der Waals surface area contributed by atoms with Gasteiger partial charge in [-0.25, -0.2) is 9.79 Å². The molecule has 1 atom stereocenters. The lowest BCUT2D eigenvalue weighted by Gasteiger charge is -2.26. The number of ether oxygens (including phenoxy) is 3. The Kier molecular flexibility index (Phi) is 8.98. The van der Waals surface area contributed by atoms with Crippen molar-refractivity contribution in [1.82, 2.24) is 9.47 Å². The molecule has 0 saturated carbocycles. The third-order valence-corrected chi connectivity index (χ3v) is 8.55. The van der Waals surface area contributed by atoms with Crippen molar-refractivity contribution < 1.29 is 23.8 Å². The average molecular weight is 655 g/mol. The Hall–Kier alpha value is -3.70. The number of esters is 1. The molecule has 5 rings (SSSR count). The van der Waals surface area contributed by atoms with Crippen LogP contribution in [0.5, 0.6) is 11.5 Å². The number of amides is 1. The van der Waals surface area contributed by atoms with E-state index < -0.39 is 12.0 Å². The summed E-state index contributed by atoms with van der Waals surface area (Å²) in [6, 6.07) is 11.9. The van der Waals surface area contributed by atoms with Crippen molar-refractivity contribution >= 4 is 45.2 Å². The number of fused-ring (bicyclic) bond motifs is 1. The number of aromatic nitrogens is 1. The molecule has 1 fully saturated rings. The van der Waals surface area contributed by atoms with Gasteiger partial charge in [-0.15, -0.1) is 0 Å². The van der Waals surface area contributed by atoms with Crippen molar-refractivity contribution in [2.45, 2.75) is 45.8 Å². The van der Waals surface area contributed by atoms with Gasteiger partial charge in [0.1, 0.15) is 17.5 Å². The monoisotopic (exact) mass is 653 g/mol. The lowest BCUT2D eigenvalue weighted by molar-refractivity contribution is -0.143. The molecule has 0 aliphatic carbocycles. The van der Waals surface area contributed by atoms with Crippen LogP contribution in [-0.4, -0.2) is 54.3 Å². The summed E-state index contributed by atoms with van der Waals surface area (Å²) >= 11 is 4.77. The molecular weight excluding hydrogens is 622 g/mol. The maximum Gasteiger partial charge on any atom is 0.338 e. The zero-order valence-electron chi connectivity index (χ0n) is 23.9. The molecule has 3 heterocycles. The number of likely N-dealkylation sites (tertiary alicyclic amines) is 1. The first-order valence-electron chi connectivity index (χ1n) is 13.7. The molecule has 2 aliphatic heterocycles. The Bertz CT molecular complexity index is 1720. The number of allylic oxidation sites excluding steroid dienone is 1. The van der Waals surface area contributed by atoms with E-state index in [0.717, 1.165) is 36.0 Å². The Morgan fingerprint density at radius 3 is 2.52 bits per heavy atom. The van der Waals surface area contributed by atoms with E-state index in [1.807, 2.05) is 29.2 Å². The molecule has 0 radical (unpaired) electrons. The van der Waals surface area contributed by atoms with Gasteiger partial charge in [0.2, 0.25) is 0 Å². The van der Waals surface area contributed by atoms with E-state index in [4.69, 9.17) is 14.2 Å². The fourth-order valence-corrected chi connectivity index (χ4v) is 6.51. The number of carbonyl (C=O) groups is 2. The second kappa shape index (κ2) is 12.7. The molecule has 42 heavy (non-hydrogen) atoms. The van der Waals surface area contributed by atoms with Crippen molar-refractivity contribution in [1.29, 1.82) is 0 Å². The summed E-state index contributed by atoms with van der Waals surface area (Å²) in [6.45, 7) is 6.87. The van der Waals surface area contributed by atoms with Crippen molar-refractivity contribution in [2.24, 2.45) is 4.99 Å². The van der Waals surface area contributed by atoms with E-state index in [9.17, 15) is 14.4 Å². The predicted molar refractivity (Wildman–Crippen MR) is 163 cm³/mol. The van der Waals surface area contributed by atoms with Crippen molar-refractivity contribution in [3.05, 3.63) is 89.0 Å². The molecule has 220 valence electrons. The SMILES string of the molecule is COc1ccc(Br)cc1[C@H]1C(C(=O)OC(C)C)=C(C)N=c2s/c(=C\c3ccc(OCC(=O)N4CCCC4)cc3)c(=O)n21. The number of benzene rings is 2. The number of hydrogen-bond donors (Lipinski definition) is 0. The molecule has 1 saturated heterocycles. The number of hydrogen-bond acceptors (Lipinski definition) is 8. The molecule has 0 bridgehead atoms. The van der Waals surface area contributed by atoms with Crippen LogP contribution in [0.25, 0.3) is 6.08 Å². The molecule has 0 spiro atoms. The number of halogens is 1. The van der Waals surface area contributed by atoms with Crippen LogP contribution in [0.4, 0.5) is 0 Å². The minimum absolute atomic E-state index is 0.00205. The maximum atomic E-state index is 13.9. The van der Waals surface area contributed by atoms with Crippen LogP contribution in [-0.2, 0) is 14.3 Å². The predicted octanol–water partition coefficient (Wildman–Crippen LogP) is 3.96. The highest BCUT2D eigenvalue weighted by Crippen LogP contribution is 2.37. The summed E-state index contributed by atoms with van der Waals surface area (Å²) in [5.74, 6) is 0.556. The average Bonchev–Trinajstić information content (AvgIpc) is 3.60. The Labute approximate surface area is 255 Å². The summed E-state index contributed by atoms with van der Waals surface area (Å²) < 4.78 is 19.7. The summed E-state index contributed by atoms with van der Waals surface area (Å²) in [4.78, 5) is 46.5. The van der Waals surface area contributed by atoms with Crippen LogP contribution in [0, 0.1) is 0 Å². The van der Waals surface area contributed by atoms with Crippen LogP contribution in [0.15, 0.2) is 68.0 Å². The summed E-state index contributed by atoms with van der Waals surface area (Å²) in [6.07, 6.45) is 3.50. The van der Waals surface area contributed by atoms with Gasteiger partial charge < -0.3 is 19.1 Å². The van der Waals surface area contributed by atoms with Gasteiger partial charge in [0, 0.05) is 23.1 Å². The highest BCUT2D eigenvalue weighted by molar-refractivity contribution is 9.10. The molecule has 2 aromatic carbocycles. The zero-order chi connectivity index (χ0) is 30.0. The molecule has 9 nitrogen and oxygen atoms in total. The van der Waals surface area contributed by atoms with E-state index in [2.05, 4.69) is 20.9 Å². The van der Waals surface area contributed by atoms with E-state index in [0.29, 0.717) is 32.1 Å². The van der Waals surface area contributed by atoms with Crippen LogP contribution in [0.2, 0.25) is 0 Å². The van der Waals surface area contributed by atoms with Gasteiger partial charge in [0.25, 0.3) is 11.5 Å². The second-order valence-electron chi connectivity index (χ2n) is 10.4. The van der Waals surface area contributed by atoms with E-state index in [1.54, 1.807) is 52.2 Å². The first kappa shape index (κ1) is 29.8. The first-order chi connectivity index (χ1) is 20.2. The first-order valence-corrected chi connectivity index (χ1v) is 15.3. The van der Waals surface area contributed by atoms with Gasteiger partial charge in [-0.2, -0.15) is 0 Å². The molecule has 0 unspecified atom stereocenters. The third-order valence-electron chi connectivity index (χ3n) is 7.07. The van der Waals surface area contributed by atoms with Crippen LogP contribution >= 0.6 is 27.3 Å². The molecular formula is C31H32BrN3O6S. The zero-order valence-corrected chi connectivity index (χ0v) is 26.3. The molecule has 1 aromatic heterocycles. The van der Waals surface area contributed by atoms with Gasteiger partial charge in [-0.3, -0.25) is 14.2 Å². The lowest BCUT2D eigenvalue weighted by Crippen LogP contribution is -2.40. The summed E-state index contributed by atoms with van der Waals surface area (Å²) in [7, 11) is 1.55. The standard InChI is InChI=1S/C31H32BrN3O6S/c1-18(2)41-30(38)27-19(3)33-31-35(28(27)23-16-21(32)9-12-24(23)39-4)29(37)25(42-31)15-20-7-10-22(11-8-20)40-17-26(36)34-13-5-6-14-34/h7-12,15-16,18,28H,5-6,13-14,17H2,1-4H3/b25-15-/t28-/m0/s1. The van der Waals surface area contributed by atoms with Crippen molar-refractivity contribution in [3.8, 4) is 11.5 Å². The van der Waals surface area contributed by atoms with Crippen LogP contribution in [0.1, 0.15) is 50.8 Å². The molecule has 11 heteroatoms. The van der Waals surface area contributed by atoms with Crippen molar-refractivity contribution in [2.75, 3.05) is 26.8 Å².